The van der Waals surface area contributed by atoms with Gasteiger partial charge in [-0.1, -0.05) is 6.92 Å². The summed E-state index contributed by atoms with van der Waals surface area (Å²) in [6.45, 7) is 6.64. The Kier molecular flexibility index (Phi) is 3.64. The van der Waals surface area contributed by atoms with Gasteiger partial charge in [0.25, 0.3) is 0 Å². The second kappa shape index (κ2) is 4.35. The van der Waals surface area contributed by atoms with Crippen molar-refractivity contribution in [3.05, 3.63) is 10.3 Å². The minimum Gasteiger partial charge on any atom is -0.368 e. The van der Waals surface area contributed by atoms with Gasteiger partial charge in [0.1, 0.15) is 5.60 Å². The molecule has 0 amide bonds. The molecule has 0 bridgehead atoms. The minimum absolute atomic E-state index is 0.390. The van der Waals surface area contributed by atoms with E-state index in [2.05, 4.69) is 9.36 Å². The Morgan fingerprint density at radius 2 is 2.23 bits per heavy atom. The van der Waals surface area contributed by atoms with Crippen LogP contribution < -0.4 is 0 Å². The molecule has 0 spiro atoms. The van der Waals surface area contributed by atoms with Crippen LogP contribution in [0.5, 0.6) is 0 Å². The lowest BCUT2D eigenvalue weighted by atomic mass is 10.0. The SMILES string of the molecule is CCOC(C)(CC)c1nsc(Cl)n1. The van der Waals surface area contributed by atoms with Crippen molar-refractivity contribution in [2.24, 2.45) is 0 Å². The quantitative estimate of drug-likeness (QED) is 0.783. The summed E-state index contributed by atoms with van der Waals surface area (Å²) in [6.07, 6.45) is 0.841. The molecule has 0 aliphatic heterocycles. The fraction of sp³-hybridized carbons (Fsp3) is 0.750. The van der Waals surface area contributed by atoms with Gasteiger partial charge in [0.15, 0.2) is 5.82 Å². The predicted octanol–water partition coefficient (Wildman–Crippen LogP) is 2.85. The van der Waals surface area contributed by atoms with Crippen LogP contribution in [0.3, 0.4) is 0 Å². The molecule has 1 aromatic heterocycles. The number of hydrogen-bond donors (Lipinski definition) is 0. The molecule has 0 aromatic carbocycles. The standard InChI is InChI=1S/C8H13ClN2OS/c1-4-8(3,12-5-2)6-10-7(9)13-11-6/h4-5H2,1-3H3. The second-order valence-electron chi connectivity index (χ2n) is 2.89. The number of rotatable bonds is 4. The van der Waals surface area contributed by atoms with Crippen LogP contribution in [0.1, 0.15) is 33.0 Å². The lowest BCUT2D eigenvalue weighted by Crippen LogP contribution is -2.26. The van der Waals surface area contributed by atoms with Crippen LogP contribution in [0, 0.1) is 0 Å². The van der Waals surface area contributed by atoms with Gasteiger partial charge in [-0.15, -0.1) is 0 Å². The molecule has 0 aliphatic rings. The Labute approximate surface area is 87.3 Å². The highest BCUT2D eigenvalue weighted by Gasteiger charge is 2.29. The van der Waals surface area contributed by atoms with Crippen molar-refractivity contribution in [3.63, 3.8) is 0 Å². The Morgan fingerprint density at radius 3 is 2.62 bits per heavy atom. The molecular weight excluding hydrogens is 208 g/mol. The molecule has 0 radical (unpaired) electrons. The van der Waals surface area contributed by atoms with E-state index in [1.165, 1.54) is 11.5 Å². The second-order valence-corrected chi connectivity index (χ2v) is 4.22. The zero-order valence-corrected chi connectivity index (χ0v) is 9.58. The molecule has 1 unspecified atom stereocenters. The van der Waals surface area contributed by atoms with Crippen LogP contribution in [-0.2, 0) is 10.3 Å². The van der Waals surface area contributed by atoms with Crippen molar-refractivity contribution in [2.45, 2.75) is 32.8 Å². The third kappa shape index (κ3) is 2.39. The maximum absolute atomic E-state index is 5.71. The van der Waals surface area contributed by atoms with E-state index in [0.29, 0.717) is 16.9 Å². The van der Waals surface area contributed by atoms with E-state index in [-0.39, 0.29) is 0 Å². The molecule has 1 heterocycles. The molecule has 0 N–H and O–H groups in total. The van der Waals surface area contributed by atoms with Crippen molar-refractivity contribution < 1.29 is 4.74 Å². The molecule has 0 fully saturated rings. The molecule has 13 heavy (non-hydrogen) atoms. The topological polar surface area (TPSA) is 35.0 Å². The third-order valence-corrected chi connectivity index (χ3v) is 2.81. The minimum atomic E-state index is -0.390. The Bertz CT molecular complexity index is 279. The maximum Gasteiger partial charge on any atom is 0.203 e. The molecule has 0 saturated heterocycles. The smallest absolute Gasteiger partial charge is 0.203 e. The van der Waals surface area contributed by atoms with Crippen LogP contribution in [0.15, 0.2) is 0 Å². The molecule has 0 aliphatic carbocycles. The predicted molar refractivity (Wildman–Crippen MR) is 54.2 cm³/mol. The largest absolute Gasteiger partial charge is 0.368 e. The van der Waals surface area contributed by atoms with E-state index in [0.717, 1.165) is 6.42 Å². The fourth-order valence-electron chi connectivity index (χ4n) is 1.06. The number of aromatic nitrogens is 2. The van der Waals surface area contributed by atoms with Crippen molar-refractivity contribution in [1.29, 1.82) is 0 Å². The summed E-state index contributed by atoms with van der Waals surface area (Å²) in [4.78, 5) is 4.12. The van der Waals surface area contributed by atoms with Gasteiger partial charge in [-0.3, -0.25) is 0 Å². The number of nitrogens with zero attached hydrogens (tertiary/aromatic N) is 2. The van der Waals surface area contributed by atoms with Gasteiger partial charge in [-0.2, -0.15) is 4.37 Å². The molecule has 0 saturated carbocycles. The van der Waals surface area contributed by atoms with Gasteiger partial charge in [0, 0.05) is 6.61 Å². The van der Waals surface area contributed by atoms with Gasteiger partial charge >= 0.3 is 0 Å². The first-order chi connectivity index (χ1) is 6.12. The van der Waals surface area contributed by atoms with Crippen LogP contribution >= 0.6 is 23.1 Å². The molecule has 1 rings (SSSR count). The average Bonchev–Trinajstić information content (AvgIpc) is 2.52. The van der Waals surface area contributed by atoms with Crippen LogP contribution in [0.4, 0.5) is 0 Å². The molecular formula is C8H13ClN2OS. The van der Waals surface area contributed by atoms with E-state index < -0.39 is 5.60 Å². The van der Waals surface area contributed by atoms with E-state index in [1.54, 1.807) is 0 Å². The monoisotopic (exact) mass is 220 g/mol. The van der Waals surface area contributed by atoms with E-state index in [4.69, 9.17) is 16.3 Å². The Morgan fingerprint density at radius 1 is 1.54 bits per heavy atom. The first-order valence-corrected chi connectivity index (χ1v) is 5.41. The van der Waals surface area contributed by atoms with Gasteiger partial charge in [0.05, 0.1) is 0 Å². The van der Waals surface area contributed by atoms with Crippen LogP contribution in [-0.4, -0.2) is 16.0 Å². The molecule has 5 heteroatoms. The first kappa shape index (κ1) is 10.9. The summed E-state index contributed by atoms with van der Waals surface area (Å²) in [5, 5.41) is 0. The van der Waals surface area contributed by atoms with Crippen molar-refractivity contribution in [3.8, 4) is 0 Å². The lowest BCUT2D eigenvalue weighted by Gasteiger charge is -2.24. The van der Waals surface area contributed by atoms with E-state index >= 15 is 0 Å². The summed E-state index contributed by atoms with van der Waals surface area (Å²) in [5.74, 6) is 0.687. The maximum atomic E-state index is 5.71. The number of ether oxygens (including phenoxy) is 1. The third-order valence-electron chi connectivity index (χ3n) is 2.01. The van der Waals surface area contributed by atoms with Crippen molar-refractivity contribution >= 4 is 23.1 Å². The van der Waals surface area contributed by atoms with Crippen molar-refractivity contribution in [1.82, 2.24) is 9.36 Å². The summed E-state index contributed by atoms with van der Waals surface area (Å²) in [6, 6.07) is 0. The zero-order chi connectivity index (χ0) is 9.90. The molecule has 1 aromatic rings. The Hall–Kier alpha value is -0.190. The highest BCUT2D eigenvalue weighted by Crippen LogP contribution is 2.28. The van der Waals surface area contributed by atoms with Gasteiger partial charge in [-0.25, -0.2) is 4.98 Å². The molecule has 3 nitrogen and oxygen atoms in total. The summed E-state index contributed by atoms with van der Waals surface area (Å²) in [5.41, 5.74) is -0.390. The highest BCUT2D eigenvalue weighted by molar-refractivity contribution is 7.10. The van der Waals surface area contributed by atoms with Crippen molar-refractivity contribution in [2.75, 3.05) is 6.61 Å². The summed E-state index contributed by atoms with van der Waals surface area (Å²) >= 11 is 6.91. The fourth-order valence-corrected chi connectivity index (χ4v) is 1.77. The highest BCUT2D eigenvalue weighted by atomic mass is 35.5. The molecule has 74 valence electrons. The molecule has 1 atom stereocenters. The van der Waals surface area contributed by atoms with Gasteiger partial charge in [0.2, 0.25) is 4.47 Å². The van der Waals surface area contributed by atoms with Gasteiger partial charge < -0.3 is 4.74 Å². The Balaban J connectivity index is 2.88. The normalized spacial score (nSPS) is 15.7. The number of hydrogen-bond acceptors (Lipinski definition) is 4. The van der Waals surface area contributed by atoms with Crippen LogP contribution in [0.2, 0.25) is 4.47 Å². The average molecular weight is 221 g/mol. The lowest BCUT2D eigenvalue weighted by molar-refractivity contribution is -0.0381. The first-order valence-electron chi connectivity index (χ1n) is 4.26. The van der Waals surface area contributed by atoms with Crippen LogP contribution in [0.25, 0.3) is 0 Å². The van der Waals surface area contributed by atoms with E-state index in [9.17, 15) is 0 Å². The zero-order valence-electron chi connectivity index (χ0n) is 8.00. The number of halogens is 1. The van der Waals surface area contributed by atoms with Gasteiger partial charge in [-0.05, 0) is 43.4 Å². The summed E-state index contributed by atoms with van der Waals surface area (Å²) < 4.78 is 10.2. The summed E-state index contributed by atoms with van der Waals surface area (Å²) in [7, 11) is 0. The van der Waals surface area contributed by atoms with E-state index in [1.807, 2.05) is 20.8 Å².